The van der Waals surface area contributed by atoms with E-state index in [1.54, 1.807) is 39.2 Å². The zero-order valence-corrected chi connectivity index (χ0v) is 19.3. The van der Waals surface area contributed by atoms with E-state index in [-0.39, 0.29) is 17.4 Å². The summed E-state index contributed by atoms with van der Waals surface area (Å²) in [5.74, 6) is -0.0338. The summed E-state index contributed by atoms with van der Waals surface area (Å²) in [6.07, 6.45) is 0. The second-order valence-corrected chi connectivity index (χ2v) is 9.46. The molecular formula is C22H23ClN2O6S. The van der Waals surface area contributed by atoms with Gasteiger partial charge in [-0.3, -0.25) is 4.79 Å². The van der Waals surface area contributed by atoms with Crippen LogP contribution in [0, 0.1) is 5.92 Å². The van der Waals surface area contributed by atoms with Gasteiger partial charge in [0.15, 0.2) is 12.4 Å². The van der Waals surface area contributed by atoms with Crippen molar-refractivity contribution >= 4 is 27.6 Å². The highest BCUT2D eigenvalue weighted by Crippen LogP contribution is 2.23. The van der Waals surface area contributed by atoms with Gasteiger partial charge in [-0.1, -0.05) is 30.6 Å². The summed E-state index contributed by atoms with van der Waals surface area (Å²) in [5, 5.41) is 4.38. The number of benzene rings is 2. The molecule has 0 amide bonds. The number of hydrogen-bond donors (Lipinski definition) is 1. The number of carbonyl (C=O) groups is 1. The lowest BCUT2D eigenvalue weighted by molar-refractivity contribution is -0.148. The van der Waals surface area contributed by atoms with E-state index in [0.29, 0.717) is 22.2 Å². The van der Waals surface area contributed by atoms with Crippen molar-refractivity contribution in [2.24, 2.45) is 5.92 Å². The first-order valence-electron chi connectivity index (χ1n) is 9.74. The maximum absolute atomic E-state index is 12.6. The van der Waals surface area contributed by atoms with Gasteiger partial charge in [-0.05, 0) is 54.4 Å². The summed E-state index contributed by atoms with van der Waals surface area (Å²) in [7, 11) is -2.36. The van der Waals surface area contributed by atoms with Gasteiger partial charge in [0.1, 0.15) is 17.5 Å². The molecule has 3 aromatic rings. The number of sulfonamides is 1. The highest BCUT2D eigenvalue weighted by molar-refractivity contribution is 7.89. The molecule has 0 bridgehead atoms. The van der Waals surface area contributed by atoms with Crippen molar-refractivity contribution in [1.82, 2.24) is 9.88 Å². The lowest BCUT2D eigenvalue weighted by Gasteiger charge is -2.20. The zero-order valence-electron chi connectivity index (χ0n) is 17.7. The summed E-state index contributed by atoms with van der Waals surface area (Å²) in [6.45, 7) is 3.24. The van der Waals surface area contributed by atoms with Crippen LogP contribution in [0.4, 0.5) is 0 Å². The van der Waals surface area contributed by atoms with E-state index in [0.717, 1.165) is 5.56 Å². The first-order valence-corrected chi connectivity index (χ1v) is 11.6. The third-order valence-corrected chi connectivity index (χ3v) is 6.34. The molecule has 0 unspecified atom stereocenters. The number of methoxy groups -OCH3 is 1. The van der Waals surface area contributed by atoms with Crippen LogP contribution in [-0.4, -0.2) is 32.7 Å². The number of esters is 1. The maximum Gasteiger partial charge on any atom is 0.324 e. The van der Waals surface area contributed by atoms with Crippen molar-refractivity contribution in [3.05, 3.63) is 65.4 Å². The van der Waals surface area contributed by atoms with Crippen LogP contribution in [0.25, 0.3) is 11.3 Å². The van der Waals surface area contributed by atoms with E-state index in [1.165, 1.54) is 24.3 Å². The molecule has 3 rings (SSSR count). The Morgan fingerprint density at radius 3 is 2.38 bits per heavy atom. The van der Waals surface area contributed by atoms with Crippen LogP contribution in [0.2, 0.25) is 5.02 Å². The van der Waals surface area contributed by atoms with Crippen molar-refractivity contribution in [3.8, 4) is 17.0 Å². The van der Waals surface area contributed by atoms with Gasteiger partial charge in [0.2, 0.25) is 10.0 Å². The van der Waals surface area contributed by atoms with Crippen LogP contribution in [-0.2, 0) is 26.2 Å². The number of ether oxygens (including phenoxy) is 2. The SMILES string of the molecule is COc1ccc(-c2cc(COC(=O)[C@@H](NS(=O)(=O)c3ccc(Cl)cc3)C(C)C)on2)cc1. The van der Waals surface area contributed by atoms with E-state index in [4.69, 9.17) is 25.6 Å². The van der Waals surface area contributed by atoms with Crippen LogP contribution in [0.1, 0.15) is 19.6 Å². The molecule has 32 heavy (non-hydrogen) atoms. The van der Waals surface area contributed by atoms with Gasteiger partial charge in [0.25, 0.3) is 0 Å². The summed E-state index contributed by atoms with van der Waals surface area (Å²) < 4.78 is 43.4. The Kier molecular flexibility index (Phi) is 7.55. The second-order valence-electron chi connectivity index (χ2n) is 7.31. The van der Waals surface area contributed by atoms with Crippen LogP contribution < -0.4 is 9.46 Å². The Hall–Kier alpha value is -2.88. The van der Waals surface area contributed by atoms with Gasteiger partial charge in [0.05, 0.1) is 12.0 Å². The van der Waals surface area contributed by atoms with E-state index in [1.807, 2.05) is 12.1 Å². The van der Waals surface area contributed by atoms with Gasteiger partial charge in [-0.2, -0.15) is 4.72 Å². The minimum atomic E-state index is -3.94. The Morgan fingerprint density at radius 2 is 1.78 bits per heavy atom. The number of rotatable bonds is 9. The third kappa shape index (κ3) is 5.87. The molecule has 170 valence electrons. The Morgan fingerprint density at radius 1 is 1.12 bits per heavy atom. The molecule has 10 heteroatoms. The fraction of sp³-hybridized carbons (Fsp3) is 0.273. The number of halogens is 1. The quantitative estimate of drug-likeness (QED) is 0.462. The van der Waals surface area contributed by atoms with Crippen molar-refractivity contribution in [2.75, 3.05) is 7.11 Å². The standard InChI is InChI=1S/C22H23ClN2O6S/c1-14(2)21(25-32(27,28)19-10-6-16(23)7-11-19)22(26)30-13-18-12-20(24-31-18)15-4-8-17(29-3)9-5-15/h4-12,14,21,25H,13H2,1-3H3/t21-/m0/s1. The first kappa shape index (κ1) is 23.8. The average molecular weight is 479 g/mol. The average Bonchev–Trinajstić information content (AvgIpc) is 3.25. The molecule has 0 aliphatic heterocycles. The highest BCUT2D eigenvalue weighted by Gasteiger charge is 2.30. The largest absolute Gasteiger partial charge is 0.497 e. The van der Waals surface area contributed by atoms with Crippen LogP contribution in [0.15, 0.2) is 64.0 Å². The van der Waals surface area contributed by atoms with Crippen LogP contribution in [0.5, 0.6) is 5.75 Å². The van der Waals surface area contributed by atoms with Crippen LogP contribution >= 0.6 is 11.6 Å². The molecule has 8 nitrogen and oxygen atoms in total. The Bertz CT molecular complexity index is 1160. The Balaban J connectivity index is 1.65. The van der Waals surface area contributed by atoms with Gasteiger partial charge in [-0.15, -0.1) is 0 Å². The fourth-order valence-electron chi connectivity index (χ4n) is 2.82. The second kappa shape index (κ2) is 10.2. The van der Waals surface area contributed by atoms with Gasteiger partial charge >= 0.3 is 5.97 Å². The molecule has 2 aromatic carbocycles. The smallest absolute Gasteiger partial charge is 0.324 e. The monoisotopic (exact) mass is 478 g/mol. The van der Waals surface area contributed by atoms with Crippen molar-refractivity contribution in [3.63, 3.8) is 0 Å². The van der Waals surface area contributed by atoms with Gasteiger partial charge < -0.3 is 14.0 Å². The molecule has 0 saturated heterocycles. The van der Waals surface area contributed by atoms with E-state index >= 15 is 0 Å². The molecule has 0 radical (unpaired) electrons. The number of nitrogens with one attached hydrogen (secondary N) is 1. The molecular weight excluding hydrogens is 456 g/mol. The summed E-state index contributed by atoms with van der Waals surface area (Å²) in [5.41, 5.74) is 1.38. The molecule has 1 atom stereocenters. The zero-order chi connectivity index (χ0) is 23.3. The number of nitrogens with zero attached hydrogens (tertiary/aromatic N) is 1. The van der Waals surface area contributed by atoms with E-state index in [9.17, 15) is 13.2 Å². The molecule has 0 fully saturated rings. The highest BCUT2D eigenvalue weighted by atomic mass is 35.5. The normalized spacial score (nSPS) is 12.5. The lowest BCUT2D eigenvalue weighted by atomic mass is 10.1. The molecule has 0 spiro atoms. The van der Waals surface area contributed by atoms with Crippen molar-refractivity contribution in [1.29, 1.82) is 0 Å². The van der Waals surface area contributed by atoms with Crippen molar-refractivity contribution in [2.45, 2.75) is 31.4 Å². The molecule has 0 aliphatic rings. The topological polar surface area (TPSA) is 108 Å². The Labute approximate surface area is 191 Å². The van der Waals surface area contributed by atoms with Crippen LogP contribution in [0.3, 0.4) is 0 Å². The number of hydrogen-bond acceptors (Lipinski definition) is 7. The first-order chi connectivity index (χ1) is 15.2. The number of carbonyl (C=O) groups excluding carboxylic acids is 1. The summed E-state index contributed by atoms with van der Waals surface area (Å²) >= 11 is 5.81. The minimum Gasteiger partial charge on any atom is -0.497 e. The van der Waals surface area contributed by atoms with Crippen molar-refractivity contribution < 1.29 is 27.2 Å². The minimum absolute atomic E-state index is 0.000261. The lowest BCUT2D eigenvalue weighted by Crippen LogP contribution is -2.45. The molecule has 1 heterocycles. The van der Waals surface area contributed by atoms with E-state index < -0.39 is 22.0 Å². The summed E-state index contributed by atoms with van der Waals surface area (Å²) in [6, 6.07) is 13.5. The predicted octanol–water partition coefficient (Wildman–Crippen LogP) is 4.05. The molecule has 0 saturated carbocycles. The number of aromatic nitrogens is 1. The van der Waals surface area contributed by atoms with Gasteiger partial charge in [-0.25, -0.2) is 8.42 Å². The third-order valence-electron chi connectivity index (χ3n) is 4.63. The maximum atomic E-state index is 12.6. The molecule has 0 aliphatic carbocycles. The fourth-order valence-corrected chi connectivity index (χ4v) is 4.28. The molecule has 1 aromatic heterocycles. The summed E-state index contributed by atoms with van der Waals surface area (Å²) in [4.78, 5) is 12.6. The van der Waals surface area contributed by atoms with E-state index in [2.05, 4.69) is 9.88 Å². The predicted molar refractivity (Wildman–Crippen MR) is 119 cm³/mol. The molecule has 1 N–H and O–H groups in total. The van der Waals surface area contributed by atoms with Gasteiger partial charge in [0, 0.05) is 16.7 Å².